The van der Waals surface area contributed by atoms with Crippen LogP contribution in [0.5, 0.6) is 0 Å². The molecule has 1 aromatic rings. The van der Waals surface area contributed by atoms with E-state index in [4.69, 9.17) is 0 Å². The SMILES string of the molecule is CCCC1CC1Nc1ccnc(C(=O)NC)c1. The van der Waals surface area contributed by atoms with E-state index in [2.05, 4.69) is 22.5 Å². The number of pyridine rings is 1. The van der Waals surface area contributed by atoms with Gasteiger partial charge in [0.15, 0.2) is 0 Å². The van der Waals surface area contributed by atoms with E-state index >= 15 is 0 Å². The van der Waals surface area contributed by atoms with Gasteiger partial charge in [-0.3, -0.25) is 9.78 Å². The average Bonchev–Trinajstić information content (AvgIpc) is 3.07. The zero-order chi connectivity index (χ0) is 12.3. The highest BCUT2D eigenvalue weighted by Gasteiger charge is 2.35. The Morgan fingerprint density at radius 3 is 3.12 bits per heavy atom. The van der Waals surface area contributed by atoms with Gasteiger partial charge in [0, 0.05) is 25.0 Å². The number of amides is 1. The van der Waals surface area contributed by atoms with Gasteiger partial charge in [-0.15, -0.1) is 0 Å². The van der Waals surface area contributed by atoms with E-state index < -0.39 is 0 Å². The van der Waals surface area contributed by atoms with Crippen molar-refractivity contribution >= 4 is 11.6 Å². The van der Waals surface area contributed by atoms with E-state index in [1.807, 2.05) is 6.07 Å². The van der Waals surface area contributed by atoms with Crippen LogP contribution in [0.1, 0.15) is 36.7 Å². The monoisotopic (exact) mass is 233 g/mol. The number of hydrogen-bond donors (Lipinski definition) is 2. The zero-order valence-corrected chi connectivity index (χ0v) is 10.4. The van der Waals surface area contributed by atoms with Crippen LogP contribution in [-0.4, -0.2) is 24.0 Å². The number of hydrogen-bond acceptors (Lipinski definition) is 3. The molecule has 2 rings (SSSR count). The van der Waals surface area contributed by atoms with Crippen LogP contribution in [-0.2, 0) is 0 Å². The van der Waals surface area contributed by atoms with E-state index in [-0.39, 0.29) is 5.91 Å². The largest absolute Gasteiger partial charge is 0.382 e. The van der Waals surface area contributed by atoms with Crippen molar-refractivity contribution in [3.63, 3.8) is 0 Å². The lowest BCUT2D eigenvalue weighted by molar-refractivity contribution is 0.0958. The van der Waals surface area contributed by atoms with Gasteiger partial charge in [-0.05, 0) is 30.9 Å². The van der Waals surface area contributed by atoms with Crippen molar-refractivity contribution in [1.82, 2.24) is 10.3 Å². The number of rotatable bonds is 5. The lowest BCUT2D eigenvalue weighted by Gasteiger charge is -2.06. The summed E-state index contributed by atoms with van der Waals surface area (Å²) in [5.74, 6) is 0.658. The fraction of sp³-hybridized carbons (Fsp3) is 0.538. The Hall–Kier alpha value is -1.58. The van der Waals surface area contributed by atoms with Crippen molar-refractivity contribution < 1.29 is 4.79 Å². The first-order valence-electron chi connectivity index (χ1n) is 6.19. The normalized spacial score (nSPS) is 22.0. The highest BCUT2D eigenvalue weighted by molar-refractivity contribution is 5.92. The van der Waals surface area contributed by atoms with Gasteiger partial charge < -0.3 is 10.6 Å². The van der Waals surface area contributed by atoms with Crippen molar-refractivity contribution in [2.45, 2.75) is 32.2 Å². The Labute approximate surface area is 102 Å². The summed E-state index contributed by atoms with van der Waals surface area (Å²) in [5.41, 5.74) is 1.45. The van der Waals surface area contributed by atoms with Crippen molar-refractivity contribution in [2.24, 2.45) is 5.92 Å². The molecule has 0 saturated heterocycles. The molecular formula is C13H19N3O. The van der Waals surface area contributed by atoms with Crippen LogP contribution in [0.25, 0.3) is 0 Å². The molecule has 1 aromatic heterocycles. The average molecular weight is 233 g/mol. The Morgan fingerprint density at radius 1 is 1.59 bits per heavy atom. The first-order valence-corrected chi connectivity index (χ1v) is 6.19. The summed E-state index contributed by atoms with van der Waals surface area (Å²) in [6, 6.07) is 4.29. The summed E-state index contributed by atoms with van der Waals surface area (Å²) in [6.45, 7) is 2.21. The van der Waals surface area contributed by atoms with Crippen molar-refractivity contribution in [3.05, 3.63) is 24.0 Å². The minimum atomic E-state index is -0.144. The number of anilines is 1. The minimum absolute atomic E-state index is 0.144. The highest BCUT2D eigenvalue weighted by Crippen LogP contribution is 2.37. The summed E-state index contributed by atoms with van der Waals surface area (Å²) in [6.07, 6.45) is 5.43. The molecular weight excluding hydrogens is 214 g/mol. The first kappa shape index (κ1) is 11.9. The van der Waals surface area contributed by atoms with Crippen LogP contribution >= 0.6 is 0 Å². The second kappa shape index (κ2) is 5.17. The summed E-state index contributed by atoms with van der Waals surface area (Å²) in [5, 5.41) is 6.03. The third-order valence-electron chi connectivity index (χ3n) is 3.15. The van der Waals surface area contributed by atoms with E-state index in [1.54, 1.807) is 19.3 Å². The topological polar surface area (TPSA) is 54.0 Å². The molecule has 2 atom stereocenters. The molecule has 1 saturated carbocycles. The molecule has 17 heavy (non-hydrogen) atoms. The summed E-state index contributed by atoms with van der Waals surface area (Å²) in [7, 11) is 1.61. The molecule has 4 nitrogen and oxygen atoms in total. The molecule has 1 aliphatic rings. The summed E-state index contributed by atoms with van der Waals surface area (Å²) >= 11 is 0. The predicted molar refractivity (Wildman–Crippen MR) is 68.1 cm³/mol. The maximum atomic E-state index is 11.4. The molecule has 2 unspecified atom stereocenters. The summed E-state index contributed by atoms with van der Waals surface area (Å²) < 4.78 is 0. The third kappa shape index (κ3) is 2.96. The number of carbonyl (C=O) groups excluding carboxylic acids is 1. The van der Waals surface area contributed by atoms with Gasteiger partial charge in [-0.1, -0.05) is 13.3 Å². The third-order valence-corrected chi connectivity index (χ3v) is 3.15. The van der Waals surface area contributed by atoms with Crippen LogP contribution in [0.2, 0.25) is 0 Å². The maximum absolute atomic E-state index is 11.4. The molecule has 4 heteroatoms. The minimum Gasteiger partial charge on any atom is -0.382 e. The molecule has 1 heterocycles. The predicted octanol–water partition coefficient (Wildman–Crippen LogP) is 2.04. The molecule has 0 aromatic carbocycles. The van der Waals surface area contributed by atoms with Crippen LogP contribution in [0.3, 0.4) is 0 Å². The molecule has 1 amide bonds. The summed E-state index contributed by atoms with van der Waals surface area (Å²) in [4.78, 5) is 15.5. The molecule has 92 valence electrons. The Balaban J connectivity index is 1.96. The second-order valence-corrected chi connectivity index (χ2v) is 4.54. The fourth-order valence-electron chi connectivity index (χ4n) is 2.10. The van der Waals surface area contributed by atoms with E-state index in [0.29, 0.717) is 11.7 Å². The number of aromatic nitrogens is 1. The highest BCUT2D eigenvalue weighted by atomic mass is 16.1. The van der Waals surface area contributed by atoms with Crippen LogP contribution in [0.4, 0.5) is 5.69 Å². The lowest BCUT2D eigenvalue weighted by atomic mass is 10.2. The smallest absolute Gasteiger partial charge is 0.269 e. The van der Waals surface area contributed by atoms with E-state index in [0.717, 1.165) is 11.6 Å². The zero-order valence-electron chi connectivity index (χ0n) is 10.4. The van der Waals surface area contributed by atoms with Crippen LogP contribution in [0.15, 0.2) is 18.3 Å². The van der Waals surface area contributed by atoms with E-state index in [1.165, 1.54) is 19.3 Å². The Bertz CT molecular complexity index is 405. The molecule has 0 aliphatic heterocycles. The van der Waals surface area contributed by atoms with Crippen LogP contribution < -0.4 is 10.6 Å². The van der Waals surface area contributed by atoms with Crippen molar-refractivity contribution in [3.8, 4) is 0 Å². The molecule has 1 aliphatic carbocycles. The van der Waals surface area contributed by atoms with Gasteiger partial charge in [0.2, 0.25) is 0 Å². The van der Waals surface area contributed by atoms with Gasteiger partial charge in [0.1, 0.15) is 5.69 Å². The Kier molecular flexibility index (Phi) is 3.61. The second-order valence-electron chi connectivity index (χ2n) is 4.54. The first-order chi connectivity index (χ1) is 8.24. The van der Waals surface area contributed by atoms with Gasteiger partial charge in [-0.2, -0.15) is 0 Å². The Morgan fingerprint density at radius 2 is 2.41 bits per heavy atom. The number of carbonyl (C=O) groups is 1. The van der Waals surface area contributed by atoms with Gasteiger partial charge in [-0.25, -0.2) is 0 Å². The molecule has 0 spiro atoms. The molecule has 1 fully saturated rings. The van der Waals surface area contributed by atoms with Crippen molar-refractivity contribution in [1.29, 1.82) is 0 Å². The molecule has 0 radical (unpaired) electrons. The van der Waals surface area contributed by atoms with E-state index in [9.17, 15) is 4.79 Å². The standard InChI is InChI=1S/C13H19N3O/c1-3-4-9-7-11(9)16-10-5-6-15-12(8-10)13(17)14-2/h5-6,8-9,11H,3-4,7H2,1-2H3,(H,14,17)(H,15,16). The molecule has 0 bridgehead atoms. The lowest BCUT2D eigenvalue weighted by Crippen LogP contribution is -2.19. The maximum Gasteiger partial charge on any atom is 0.269 e. The van der Waals surface area contributed by atoms with Crippen molar-refractivity contribution in [2.75, 3.05) is 12.4 Å². The van der Waals surface area contributed by atoms with Gasteiger partial charge >= 0.3 is 0 Å². The number of nitrogens with zero attached hydrogens (tertiary/aromatic N) is 1. The van der Waals surface area contributed by atoms with Gasteiger partial charge in [0.25, 0.3) is 5.91 Å². The fourth-order valence-corrected chi connectivity index (χ4v) is 2.10. The van der Waals surface area contributed by atoms with Crippen LogP contribution in [0, 0.1) is 5.92 Å². The quantitative estimate of drug-likeness (QED) is 0.818. The van der Waals surface area contributed by atoms with Gasteiger partial charge in [0.05, 0.1) is 0 Å². The molecule has 2 N–H and O–H groups in total. The number of nitrogens with one attached hydrogen (secondary N) is 2.